The molecule has 0 saturated carbocycles. The van der Waals surface area contributed by atoms with Crippen LogP contribution in [0.2, 0.25) is 15.5 Å². The number of hydrogen-bond donors (Lipinski definition) is 1. The molecule has 0 aliphatic carbocycles. The molecular formula is C60H39Cl3N10. The normalized spacial score (nSPS) is 11.2. The van der Waals surface area contributed by atoms with Crippen molar-refractivity contribution in [2.75, 3.05) is 0 Å². The highest BCUT2D eigenvalue weighted by atomic mass is 35.5. The maximum Gasteiger partial charge on any atom is 0.160 e. The molecule has 0 aliphatic heterocycles. The van der Waals surface area contributed by atoms with Crippen LogP contribution < -0.4 is 0 Å². The largest absolute Gasteiger partial charge is 0.355 e. The smallest absolute Gasteiger partial charge is 0.160 e. The molecule has 15 aromatic rings. The van der Waals surface area contributed by atoms with Gasteiger partial charge in [-0.25, -0.2) is 0 Å². The first-order valence-electron chi connectivity index (χ1n) is 23.4. The molecule has 1 N–H and O–H groups in total. The SMILES string of the molecule is Clc1ccc(-n2c3ccccc3c3ccccc32)nn1.Clc1ccc(Cl)nn1.c1ccc2c(c1)[nH]c1ccccc12.c1ccc2c(c1)c1ccccc1n2-c1ccc(-n2c3ccccc3c3ccccc32)nn1. The Bertz CT molecular complexity index is 4060. The first-order chi connectivity index (χ1) is 36.0. The number of fused-ring (bicyclic) bond motifs is 12. The molecule has 350 valence electrons. The molecule has 0 atom stereocenters. The van der Waals surface area contributed by atoms with Gasteiger partial charge in [-0.1, -0.05) is 180 Å². The van der Waals surface area contributed by atoms with Gasteiger partial charge < -0.3 is 4.98 Å². The lowest BCUT2D eigenvalue weighted by molar-refractivity contribution is 0.909. The highest BCUT2D eigenvalue weighted by Gasteiger charge is 2.16. The number of para-hydroxylation sites is 8. The summed E-state index contributed by atoms with van der Waals surface area (Å²) in [4.78, 5) is 3.38. The van der Waals surface area contributed by atoms with Crippen molar-refractivity contribution in [2.24, 2.45) is 0 Å². The van der Waals surface area contributed by atoms with E-state index in [1.54, 1.807) is 18.2 Å². The summed E-state index contributed by atoms with van der Waals surface area (Å²) in [5, 5.41) is 35.4. The van der Waals surface area contributed by atoms with Crippen LogP contribution in [0.5, 0.6) is 0 Å². The Kier molecular flexibility index (Phi) is 12.2. The maximum absolute atomic E-state index is 5.83. The lowest BCUT2D eigenvalue weighted by Crippen LogP contribution is -2.03. The van der Waals surface area contributed by atoms with E-state index >= 15 is 0 Å². The van der Waals surface area contributed by atoms with E-state index in [0.29, 0.717) is 15.5 Å². The lowest BCUT2D eigenvalue weighted by atomic mass is 10.2. The minimum Gasteiger partial charge on any atom is -0.355 e. The summed E-state index contributed by atoms with van der Waals surface area (Å²) in [6.07, 6.45) is 0. The fraction of sp³-hybridized carbons (Fsp3) is 0. The van der Waals surface area contributed by atoms with E-state index in [2.05, 4.69) is 231 Å². The van der Waals surface area contributed by atoms with Crippen molar-refractivity contribution < 1.29 is 0 Å². The van der Waals surface area contributed by atoms with Crippen LogP contribution in [0.4, 0.5) is 0 Å². The average molecular weight is 1010 g/mol. The fourth-order valence-electron chi connectivity index (χ4n) is 9.59. The molecule has 8 aromatic carbocycles. The zero-order valence-corrected chi connectivity index (χ0v) is 40.9. The number of nitrogens with one attached hydrogen (secondary N) is 1. The number of H-pyrrole nitrogens is 1. The van der Waals surface area contributed by atoms with Gasteiger partial charge in [0.15, 0.2) is 32.9 Å². The van der Waals surface area contributed by atoms with Gasteiger partial charge in [0.2, 0.25) is 0 Å². The molecule has 0 saturated heterocycles. The van der Waals surface area contributed by atoms with Crippen molar-refractivity contribution in [3.63, 3.8) is 0 Å². The summed E-state index contributed by atoms with van der Waals surface area (Å²) in [5.74, 6) is 2.39. The van der Waals surface area contributed by atoms with Crippen molar-refractivity contribution in [1.82, 2.24) is 49.3 Å². The quantitative estimate of drug-likeness (QED) is 0.189. The van der Waals surface area contributed by atoms with Crippen LogP contribution in [0, 0.1) is 0 Å². The molecule has 73 heavy (non-hydrogen) atoms. The number of benzene rings is 8. The van der Waals surface area contributed by atoms with Gasteiger partial charge in [0.25, 0.3) is 0 Å². The predicted octanol–water partition coefficient (Wildman–Crippen LogP) is 16.0. The van der Waals surface area contributed by atoms with Crippen LogP contribution in [0.3, 0.4) is 0 Å². The molecule has 0 bridgehead atoms. The summed E-state index contributed by atoms with van der Waals surface area (Å²) in [5.41, 5.74) is 9.18. The molecule has 7 heterocycles. The third kappa shape index (κ3) is 8.63. The van der Waals surface area contributed by atoms with E-state index in [1.165, 1.54) is 54.1 Å². The van der Waals surface area contributed by atoms with Crippen LogP contribution in [-0.4, -0.2) is 49.3 Å². The fourth-order valence-corrected chi connectivity index (χ4v) is 9.89. The molecule has 0 spiro atoms. The number of nitrogens with zero attached hydrogens (tertiary/aromatic N) is 9. The number of rotatable bonds is 3. The topological polar surface area (TPSA) is 108 Å². The molecule has 0 fully saturated rings. The molecule has 15 rings (SSSR count). The second kappa shape index (κ2) is 19.7. The summed E-state index contributed by atoms with van der Waals surface area (Å²) in [7, 11) is 0. The lowest BCUT2D eigenvalue weighted by Gasteiger charge is -2.09. The number of aromatic amines is 1. The first kappa shape index (κ1) is 45.2. The third-order valence-electron chi connectivity index (χ3n) is 12.7. The minimum absolute atomic E-state index is 0.356. The van der Waals surface area contributed by atoms with Gasteiger partial charge in [-0.05, 0) is 84.9 Å². The van der Waals surface area contributed by atoms with Crippen molar-refractivity contribution in [3.8, 4) is 17.5 Å². The van der Waals surface area contributed by atoms with E-state index in [9.17, 15) is 0 Å². The Morgan fingerprint density at radius 3 is 0.712 bits per heavy atom. The Morgan fingerprint density at radius 1 is 0.233 bits per heavy atom. The summed E-state index contributed by atoms with van der Waals surface area (Å²) in [6, 6.07) is 78.0. The Hall–Kier alpha value is -8.93. The van der Waals surface area contributed by atoms with Gasteiger partial charge in [-0.2, -0.15) is 0 Å². The summed E-state index contributed by atoms with van der Waals surface area (Å²) in [6.45, 7) is 0. The van der Waals surface area contributed by atoms with Crippen LogP contribution in [-0.2, 0) is 0 Å². The van der Waals surface area contributed by atoms with Crippen molar-refractivity contribution in [1.29, 1.82) is 0 Å². The van der Waals surface area contributed by atoms with Gasteiger partial charge in [-0.3, -0.25) is 13.7 Å². The number of aromatic nitrogens is 10. The maximum atomic E-state index is 5.83. The van der Waals surface area contributed by atoms with Crippen LogP contribution in [0.15, 0.2) is 231 Å². The first-order valence-corrected chi connectivity index (χ1v) is 24.5. The van der Waals surface area contributed by atoms with Gasteiger partial charge in [0.1, 0.15) is 0 Å². The Balaban J connectivity index is 0.000000112. The number of halogens is 3. The zero-order valence-electron chi connectivity index (χ0n) is 38.6. The van der Waals surface area contributed by atoms with E-state index in [1.807, 2.05) is 30.3 Å². The highest BCUT2D eigenvalue weighted by Crippen LogP contribution is 2.34. The van der Waals surface area contributed by atoms with Crippen LogP contribution >= 0.6 is 34.8 Å². The van der Waals surface area contributed by atoms with E-state index in [0.717, 1.165) is 50.6 Å². The molecule has 0 radical (unpaired) electrons. The number of hydrogen-bond acceptors (Lipinski definition) is 6. The molecule has 13 heteroatoms. The van der Waals surface area contributed by atoms with Crippen molar-refractivity contribution >= 4 is 122 Å². The second-order valence-electron chi connectivity index (χ2n) is 17.0. The van der Waals surface area contributed by atoms with Crippen LogP contribution in [0.25, 0.3) is 105 Å². The second-order valence-corrected chi connectivity index (χ2v) is 18.1. The van der Waals surface area contributed by atoms with E-state index in [4.69, 9.17) is 34.8 Å². The molecule has 0 aliphatic rings. The zero-order chi connectivity index (χ0) is 49.3. The minimum atomic E-state index is 0.356. The van der Waals surface area contributed by atoms with Gasteiger partial charge in [0.05, 0.1) is 33.1 Å². The third-order valence-corrected chi connectivity index (χ3v) is 13.3. The Labute approximate surface area is 432 Å². The van der Waals surface area contributed by atoms with E-state index in [-0.39, 0.29) is 0 Å². The Morgan fingerprint density at radius 2 is 0.452 bits per heavy atom. The van der Waals surface area contributed by atoms with E-state index < -0.39 is 0 Å². The van der Waals surface area contributed by atoms with Crippen LogP contribution in [0.1, 0.15) is 0 Å². The molecular weight excluding hydrogens is 967 g/mol. The van der Waals surface area contributed by atoms with Gasteiger partial charge in [-0.15, -0.1) is 30.6 Å². The summed E-state index contributed by atoms with van der Waals surface area (Å²) < 4.78 is 6.48. The van der Waals surface area contributed by atoms with Gasteiger partial charge in [0, 0.05) is 54.1 Å². The standard InChI is InChI=1S/C28H18N4.C16H10ClN3.C12H9N.C4H2Cl2N2/c1-5-13-23-19(9-1)20-10-2-6-14-24(20)31(23)27-17-18-28(30-29-27)32-25-15-7-3-11-21(25)22-12-4-8-16-26(22)32;17-15-9-10-16(19-18-15)20-13-7-3-1-5-11(13)12-6-2-4-8-14(12)20;1-3-7-11-9(5-1)10-6-2-4-8-12(10)13-11;5-3-1-2-4(6)8-7-3/h1-18H;1-10H;1-8,13H;1-2H. The highest BCUT2D eigenvalue weighted by molar-refractivity contribution is 6.31. The molecule has 0 amide bonds. The molecule has 7 aromatic heterocycles. The van der Waals surface area contributed by atoms with Gasteiger partial charge >= 0.3 is 0 Å². The molecule has 10 nitrogen and oxygen atoms in total. The van der Waals surface area contributed by atoms with Crippen molar-refractivity contribution in [2.45, 2.75) is 0 Å². The summed E-state index contributed by atoms with van der Waals surface area (Å²) >= 11 is 16.6. The molecule has 0 unspecified atom stereocenters. The monoisotopic (exact) mass is 1000 g/mol. The predicted molar refractivity (Wildman–Crippen MR) is 300 cm³/mol. The van der Waals surface area contributed by atoms with Crippen molar-refractivity contribution in [3.05, 3.63) is 246 Å². The average Bonchev–Trinajstić information content (AvgIpc) is 4.19.